The van der Waals surface area contributed by atoms with Gasteiger partial charge in [-0.2, -0.15) is 0 Å². The molecule has 1 atom stereocenters. The highest BCUT2D eigenvalue weighted by molar-refractivity contribution is 9.10. The second kappa shape index (κ2) is 8.01. The number of carbonyl (C=O) groups excluding carboxylic acids is 2. The molecule has 0 spiro atoms. The third-order valence-corrected chi connectivity index (χ3v) is 4.12. The molecular formula is C17H14BrF2NO3. The molecule has 2 aromatic carbocycles. The minimum absolute atomic E-state index is 0.155. The molecule has 0 fully saturated rings. The lowest BCUT2D eigenvalue weighted by Gasteiger charge is -2.17. The fraction of sp³-hybridized carbons (Fsp3) is 0.176. The zero-order valence-electron chi connectivity index (χ0n) is 12.7. The van der Waals surface area contributed by atoms with E-state index in [0.717, 1.165) is 22.2 Å². The van der Waals surface area contributed by atoms with Gasteiger partial charge in [0.05, 0.1) is 12.7 Å². The quantitative estimate of drug-likeness (QED) is 0.787. The van der Waals surface area contributed by atoms with Crippen LogP contribution < -0.4 is 5.32 Å². The highest BCUT2D eigenvalue weighted by atomic mass is 79.9. The van der Waals surface area contributed by atoms with Gasteiger partial charge in [-0.05, 0) is 23.8 Å². The van der Waals surface area contributed by atoms with E-state index in [1.807, 2.05) is 6.07 Å². The van der Waals surface area contributed by atoms with E-state index in [-0.39, 0.29) is 12.0 Å². The van der Waals surface area contributed by atoms with Gasteiger partial charge in [0.15, 0.2) is 0 Å². The summed E-state index contributed by atoms with van der Waals surface area (Å²) in [7, 11) is 1.19. The molecular weight excluding hydrogens is 384 g/mol. The number of nitrogens with one attached hydrogen (secondary N) is 1. The van der Waals surface area contributed by atoms with Crippen molar-refractivity contribution in [3.05, 3.63) is 69.7 Å². The molecule has 2 rings (SSSR count). The van der Waals surface area contributed by atoms with Gasteiger partial charge in [-0.15, -0.1) is 0 Å². The molecule has 7 heteroatoms. The molecule has 0 saturated carbocycles. The average molecular weight is 398 g/mol. The van der Waals surface area contributed by atoms with E-state index in [0.29, 0.717) is 6.07 Å². The predicted molar refractivity (Wildman–Crippen MR) is 87.5 cm³/mol. The second-order valence-corrected chi connectivity index (χ2v) is 5.82. The molecule has 1 N–H and O–H groups in total. The van der Waals surface area contributed by atoms with E-state index in [1.165, 1.54) is 7.11 Å². The number of halogens is 3. The molecule has 4 nitrogen and oxygen atoms in total. The van der Waals surface area contributed by atoms with Gasteiger partial charge in [-0.1, -0.05) is 34.1 Å². The Morgan fingerprint density at radius 3 is 2.54 bits per heavy atom. The van der Waals surface area contributed by atoms with Crippen LogP contribution in [0.3, 0.4) is 0 Å². The molecule has 0 saturated heterocycles. The largest absolute Gasteiger partial charge is 0.467 e. The highest BCUT2D eigenvalue weighted by Crippen LogP contribution is 2.18. The topological polar surface area (TPSA) is 55.4 Å². The number of hydrogen-bond donors (Lipinski definition) is 1. The zero-order chi connectivity index (χ0) is 17.7. The molecule has 0 aliphatic heterocycles. The first-order valence-corrected chi connectivity index (χ1v) is 7.79. The molecule has 0 aliphatic carbocycles. The summed E-state index contributed by atoms with van der Waals surface area (Å²) in [5.74, 6) is -3.28. The van der Waals surface area contributed by atoms with Crippen LogP contribution >= 0.6 is 15.9 Å². The van der Waals surface area contributed by atoms with Crippen LogP contribution in [0.25, 0.3) is 0 Å². The number of carbonyl (C=O) groups is 2. The van der Waals surface area contributed by atoms with Crippen molar-refractivity contribution in [2.75, 3.05) is 7.11 Å². The summed E-state index contributed by atoms with van der Waals surface area (Å²) in [6.45, 7) is 0. The van der Waals surface area contributed by atoms with Crippen LogP contribution in [0.4, 0.5) is 8.78 Å². The minimum Gasteiger partial charge on any atom is -0.467 e. The molecule has 24 heavy (non-hydrogen) atoms. The molecule has 0 aliphatic rings. The molecule has 126 valence electrons. The van der Waals surface area contributed by atoms with E-state index >= 15 is 0 Å². The third-order valence-electron chi connectivity index (χ3n) is 3.35. The smallest absolute Gasteiger partial charge is 0.328 e. The fourth-order valence-corrected chi connectivity index (χ4v) is 2.58. The maximum Gasteiger partial charge on any atom is 0.328 e. The first-order chi connectivity index (χ1) is 11.4. The number of methoxy groups -OCH3 is 1. The zero-order valence-corrected chi connectivity index (χ0v) is 14.3. The normalized spacial score (nSPS) is 11.7. The Labute approximate surface area is 145 Å². The van der Waals surface area contributed by atoms with Crippen molar-refractivity contribution in [3.8, 4) is 0 Å². The van der Waals surface area contributed by atoms with Gasteiger partial charge in [0.2, 0.25) is 0 Å². The van der Waals surface area contributed by atoms with Crippen LogP contribution in [-0.4, -0.2) is 25.0 Å². The number of esters is 1. The third kappa shape index (κ3) is 4.38. The summed E-state index contributed by atoms with van der Waals surface area (Å²) < 4.78 is 32.1. The monoisotopic (exact) mass is 397 g/mol. The molecule has 2 aromatic rings. The van der Waals surface area contributed by atoms with Crippen molar-refractivity contribution in [2.45, 2.75) is 12.5 Å². The van der Waals surface area contributed by atoms with Crippen LogP contribution in [-0.2, 0) is 16.0 Å². The summed E-state index contributed by atoms with van der Waals surface area (Å²) >= 11 is 3.36. The van der Waals surface area contributed by atoms with Crippen molar-refractivity contribution >= 4 is 27.8 Å². The fourth-order valence-electron chi connectivity index (χ4n) is 2.13. The highest BCUT2D eigenvalue weighted by Gasteiger charge is 2.24. The Morgan fingerprint density at radius 2 is 1.92 bits per heavy atom. The lowest BCUT2D eigenvalue weighted by molar-refractivity contribution is -0.142. The van der Waals surface area contributed by atoms with Crippen molar-refractivity contribution in [2.24, 2.45) is 0 Å². The Morgan fingerprint density at radius 1 is 1.21 bits per heavy atom. The minimum atomic E-state index is -1.01. The molecule has 0 aromatic heterocycles. The van der Waals surface area contributed by atoms with Crippen LogP contribution in [0.1, 0.15) is 15.9 Å². The van der Waals surface area contributed by atoms with Crippen molar-refractivity contribution in [3.63, 3.8) is 0 Å². The first kappa shape index (κ1) is 18.1. The number of rotatable bonds is 5. The predicted octanol–water partition coefficient (Wildman–Crippen LogP) is 3.24. The van der Waals surface area contributed by atoms with Crippen LogP contribution in [0.5, 0.6) is 0 Å². The Kier molecular flexibility index (Phi) is 6.03. The number of hydrogen-bond acceptors (Lipinski definition) is 3. The van der Waals surface area contributed by atoms with Gasteiger partial charge < -0.3 is 10.1 Å². The number of amides is 1. The van der Waals surface area contributed by atoms with Crippen LogP contribution in [0.15, 0.2) is 46.9 Å². The SMILES string of the molecule is COC(=O)[C@@H](Cc1ccccc1Br)NC(=O)c1ccc(F)cc1F. The summed E-state index contributed by atoms with van der Waals surface area (Å²) in [5, 5.41) is 2.42. The summed E-state index contributed by atoms with van der Waals surface area (Å²) in [5.41, 5.74) is 0.421. The van der Waals surface area contributed by atoms with E-state index in [2.05, 4.69) is 26.0 Å². The van der Waals surface area contributed by atoms with E-state index in [1.54, 1.807) is 18.2 Å². The number of benzene rings is 2. The molecule has 0 unspecified atom stereocenters. The maximum atomic E-state index is 13.7. The van der Waals surface area contributed by atoms with Gasteiger partial charge in [-0.3, -0.25) is 4.79 Å². The average Bonchev–Trinajstić information content (AvgIpc) is 2.55. The Bertz CT molecular complexity index is 767. The van der Waals surface area contributed by atoms with Crippen molar-refractivity contribution in [1.29, 1.82) is 0 Å². The van der Waals surface area contributed by atoms with E-state index in [4.69, 9.17) is 0 Å². The summed E-state index contributed by atoms with van der Waals surface area (Å²) in [6, 6.07) is 8.77. The maximum absolute atomic E-state index is 13.7. The molecule has 0 bridgehead atoms. The Hall–Kier alpha value is -2.28. The standard InChI is InChI=1S/C17H14BrF2NO3/c1-24-17(23)15(8-10-4-2-3-5-13(10)18)21-16(22)12-7-6-11(19)9-14(12)20/h2-7,9,15H,8H2,1H3,(H,21,22)/t15-/m1/s1. The van der Waals surface area contributed by atoms with Gasteiger partial charge in [0.25, 0.3) is 5.91 Å². The van der Waals surface area contributed by atoms with Crippen LogP contribution in [0, 0.1) is 11.6 Å². The van der Waals surface area contributed by atoms with Gasteiger partial charge in [-0.25, -0.2) is 13.6 Å². The van der Waals surface area contributed by atoms with Gasteiger partial charge in [0.1, 0.15) is 17.7 Å². The van der Waals surface area contributed by atoms with Gasteiger partial charge >= 0.3 is 5.97 Å². The van der Waals surface area contributed by atoms with Crippen molar-refractivity contribution in [1.82, 2.24) is 5.32 Å². The molecule has 1 amide bonds. The lowest BCUT2D eigenvalue weighted by atomic mass is 10.1. The van der Waals surface area contributed by atoms with Crippen molar-refractivity contribution < 1.29 is 23.1 Å². The summed E-state index contributed by atoms with van der Waals surface area (Å²) in [6.07, 6.45) is 0.155. The number of ether oxygens (including phenoxy) is 1. The molecule has 0 radical (unpaired) electrons. The van der Waals surface area contributed by atoms with E-state index < -0.39 is 29.6 Å². The Balaban J connectivity index is 2.21. The van der Waals surface area contributed by atoms with Crippen LogP contribution in [0.2, 0.25) is 0 Å². The lowest BCUT2D eigenvalue weighted by Crippen LogP contribution is -2.43. The second-order valence-electron chi connectivity index (χ2n) is 4.97. The van der Waals surface area contributed by atoms with Gasteiger partial charge in [0, 0.05) is 17.0 Å². The van der Waals surface area contributed by atoms with E-state index in [9.17, 15) is 18.4 Å². The summed E-state index contributed by atoms with van der Waals surface area (Å²) in [4.78, 5) is 24.1. The molecule has 0 heterocycles. The first-order valence-electron chi connectivity index (χ1n) is 6.99.